The number of hydrogen-bond acceptors (Lipinski definition) is 4. The van der Waals surface area contributed by atoms with Gasteiger partial charge in [-0.1, -0.05) is 19.3 Å². The molecule has 1 saturated carbocycles. The topological polar surface area (TPSA) is 73.6 Å². The molecule has 2 aliphatic rings. The number of ether oxygens (including phenoxy) is 2. The van der Waals surface area contributed by atoms with E-state index in [1.165, 1.54) is 38.5 Å². The van der Waals surface area contributed by atoms with E-state index in [0.29, 0.717) is 19.1 Å². The third kappa shape index (κ3) is 6.96. The molecule has 0 aromatic heterocycles. The van der Waals surface area contributed by atoms with Crippen LogP contribution in [0.1, 0.15) is 58.3 Å². The summed E-state index contributed by atoms with van der Waals surface area (Å²) in [4.78, 5) is 12.3. The zero-order chi connectivity index (χ0) is 15.8. The van der Waals surface area contributed by atoms with E-state index in [2.05, 4.69) is 5.32 Å². The monoisotopic (exact) mass is 348 g/mol. The highest BCUT2D eigenvalue weighted by molar-refractivity contribution is 5.85. The molecule has 0 aromatic carbocycles. The molecule has 0 radical (unpaired) electrons. The number of halogens is 1. The number of hydrogen-bond donors (Lipinski definition) is 2. The highest BCUT2D eigenvalue weighted by Crippen LogP contribution is 2.26. The second kappa shape index (κ2) is 11.2. The van der Waals surface area contributed by atoms with Crippen molar-refractivity contribution in [2.75, 3.05) is 19.8 Å². The van der Waals surface area contributed by atoms with E-state index < -0.39 is 6.10 Å². The number of carbonyl (C=O) groups excluding carboxylic acids is 1. The molecule has 3 unspecified atom stereocenters. The Morgan fingerprint density at radius 1 is 1.22 bits per heavy atom. The van der Waals surface area contributed by atoms with Gasteiger partial charge in [0.15, 0.2) is 0 Å². The van der Waals surface area contributed by atoms with Crippen molar-refractivity contribution < 1.29 is 14.3 Å². The minimum absolute atomic E-state index is 0. The summed E-state index contributed by atoms with van der Waals surface area (Å²) in [5, 5.41) is 3.09. The Balaban J connectivity index is 0.00000264. The van der Waals surface area contributed by atoms with E-state index >= 15 is 0 Å². The summed E-state index contributed by atoms with van der Waals surface area (Å²) in [5.74, 6) is 0.480. The van der Waals surface area contributed by atoms with Crippen LogP contribution in [0.3, 0.4) is 0 Å². The largest absolute Gasteiger partial charge is 0.376 e. The van der Waals surface area contributed by atoms with Crippen LogP contribution in [0.5, 0.6) is 0 Å². The maximum Gasteiger partial charge on any atom is 0.249 e. The lowest BCUT2D eigenvalue weighted by Gasteiger charge is -2.31. The number of nitrogens with one attached hydrogen (secondary N) is 1. The SMILES string of the molecule is CC(OCC1CCCCO1)C(=O)NC(CN)C1CCCCC1.Cl. The molecule has 3 atom stereocenters. The summed E-state index contributed by atoms with van der Waals surface area (Å²) >= 11 is 0. The molecule has 1 aliphatic carbocycles. The maximum atomic E-state index is 12.3. The molecule has 0 spiro atoms. The molecule has 3 N–H and O–H groups in total. The molecule has 1 saturated heterocycles. The second-order valence-corrected chi connectivity index (χ2v) is 6.71. The van der Waals surface area contributed by atoms with Gasteiger partial charge in [0.05, 0.1) is 12.7 Å². The molecule has 0 bridgehead atoms. The van der Waals surface area contributed by atoms with Gasteiger partial charge in [-0.15, -0.1) is 12.4 Å². The van der Waals surface area contributed by atoms with E-state index in [9.17, 15) is 4.79 Å². The Morgan fingerprint density at radius 2 is 1.91 bits per heavy atom. The Labute approximate surface area is 146 Å². The van der Waals surface area contributed by atoms with Crippen LogP contribution < -0.4 is 11.1 Å². The third-order valence-electron chi connectivity index (χ3n) is 4.98. The summed E-state index contributed by atoms with van der Waals surface area (Å²) in [6.45, 7) is 3.64. The molecule has 23 heavy (non-hydrogen) atoms. The molecule has 1 aliphatic heterocycles. The van der Waals surface area contributed by atoms with Gasteiger partial charge in [-0.25, -0.2) is 0 Å². The molecule has 2 rings (SSSR count). The van der Waals surface area contributed by atoms with Crippen LogP contribution in [0.4, 0.5) is 0 Å². The summed E-state index contributed by atoms with van der Waals surface area (Å²) in [5.41, 5.74) is 5.87. The van der Waals surface area contributed by atoms with Gasteiger partial charge >= 0.3 is 0 Å². The minimum atomic E-state index is -0.442. The lowest BCUT2D eigenvalue weighted by molar-refractivity contribution is -0.136. The van der Waals surface area contributed by atoms with E-state index in [1.807, 2.05) is 6.92 Å². The van der Waals surface area contributed by atoms with E-state index in [0.717, 1.165) is 19.4 Å². The van der Waals surface area contributed by atoms with Crippen LogP contribution in [0.25, 0.3) is 0 Å². The van der Waals surface area contributed by atoms with Crippen molar-refractivity contribution in [3.8, 4) is 0 Å². The molecular weight excluding hydrogens is 316 g/mol. The van der Waals surface area contributed by atoms with Gasteiger partial charge in [0.25, 0.3) is 0 Å². The van der Waals surface area contributed by atoms with Crippen molar-refractivity contribution in [2.45, 2.75) is 76.5 Å². The van der Waals surface area contributed by atoms with Crippen molar-refractivity contribution >= 4 is 18.3 Å². The number of carbonyl (C=O) groups is 1. The summed E-state index contributed by atoms with van der Waals surface area (Å²) in [7, 11) is 0. The van der Waals surface area contributed by atoms with Gasteiger partial charge in [0.2, 0.25) is 5.91 Å². The van der Waals surface area contributed by atoms with Crippen molar-refractivity contribution in [1.29, 1.82) is 0 Å². The molecule has 2 fully saturated rings. The number of nitrogens with two attached hydrogens (primary N) is 1. The first-order valence-corrected chi connectivity index (χ1v) is 8.94. The first kappa shape index (κ1) is 20.7. The average Bonchev–Trinajstić information content (AvgIpc) is 2.59. The molecule has 5 nitrogen and oxygen atoms in total. The highest BCUT2D eigenvalue weighted by atomic mass is 35.5. The van der Waals surface area contributed by atoms with Crippen molar-refractivity contribution in [1.82, 2.24) is 5.32 Å². The Bertz CT molecular complexity index is 332. The van der Waals surface area contributed by atoms with Crippen LogP contribution in [-0.4, -0.2) is 43.9 Å². The molecular formula is C17H33ClN2O3. The van der Waals surface area contributed by atoms with Crippen LogP contribution in [-0.2, 0) is 14.3 Å². The first-order chi connectivity index (χ1) is 10.7. The number of rotatable bonds is 7. The molecule has 1 heterocycles. The predicted molar refractivity (Wildman–Crippen MR) is 93.8 cm³/mol. The lowest BCUT2D eigenvalue weighted by Crippen LogP contribution is -2.49. The standard InChI is InChI=1S/C17H32N2O3.ClH/c1-13(22-12-15-9-5-6-10-21-15)17(20)19-16(11-18)14-7-3-2-4-8-14;/h13-16H,2-12,18H2,1H3,(H,19,20);1H. The fraction of sp³-hybridized carbons (Fsp3) is 0.941. The third-order valence-corrected chi connectivity index (χ3v) is 4.98. The molecule has 136 valence electrons. The van der Waals surface area contributed by atoms with Crippen molar-refractivity contribution in [2.24, 2.45) is 11.7 Å². The van der Waals surface area contributed by atoms with E-state index in [4.69, 9.17) is 15.2 Å². The van der Waals surface area contributed by atoms with Crippen LogP contribution in [0.15, 0.2) is 0 Å². The van der Waals surface area contributed by atoms with Crippen molar-refractivity contribution in [3.63, 3.8) is 0 Å². The van der Waals surface area contributed by atoms with Crippen molar-refractivity contribution in [3.05, 3.63) is 0 Å². The van der Waals surface area contributed by atoms with Gasteiger partial charge in [0.1, 0.15) is 6.10 Å². The summed E-state index contributed by atoms with van der Waals surface area (Å²) in [6.07, 6.45) is 9.21. The molecule has 6 heteroatoms. The predicted octanol–water partition coefficient (Wildman–Crippen LogP) is 2.41. The van der Waals surface area contributed by atoms with E-state index in [-0.39, 0.29) is 30.5 Å². The van der Waals surface area contributed by atoms with E-state index in [1.54, 1.807) is 0 Å². The quantitative estimate of drug-likeness (QED) is 0.741. The molecule has 0 aromatic rings. The van der Waals surface area contributed by atoms with Gasteiger partial charge in [-0.2, -0.15) is 0 Å². The average molecular weight is 349 g/mol. The number of amides is 1. The highest BCUT2D eigenvalue weighted by Gasteiger charge is 2.26. The lowest BCUT2D eigenvalue weighted by atomic mass is 9.84. The smallest absolute Gasteiger partial charge is 0.249 e. The normalized spacial score (nSPS) is 25.2. The maximum absolute atomic E-state index is 12.3. The fourth-order valence-corrected chi connectivity index (χ4v) is 3.47. The Morgan fingerprint density at radius 3 is 2.52 bits per heavy atom. The fourth-order valence-electron chi connectivity index (χ4n) is 3.47. The van der Waals surface area contributed by atoms with Gasteiger partial charge in [-0.05, 0) is 44.9 Å². The zero-order valence-corrected chi connectivity index (χ0v) is 15.1. The Kier molecular flexibility index (Phi) is 10.1. The van der Waals surface area contributed by atoms with Crippen LogP contribution in [0.2, 0.25) is 0 Å². The summed E-state index contributed by atoms with van der Waals surface area (Å²) in [6, 6.07) is 0.0878. The Hall–Kier alpha value is -0.360. The zero-order valence-electron chi connectivity index (χ0n) is 14.3. The van der Waals surface area contributed by atoms with Crippen LogP contribution in [0, 0.1) is 5.92 Å². The summed E-state index contributed by atoms with van der Waals surface area (Å²) < 4.78 is 11.3. The minimum Gasteiger partial charge on any atom is -0.376 e. The van der Waals surface area contributed by atoms with Gasteiger partial charge < -0.3 is 20.5 Å². The first-order valence-electron chi connectivity index (χ1n) is 8.94. The van der Waals surface area contributed by atoms with Gasteiger partial charge in [0, 0.05) is 19.2 Å². The van der Waals surface area contributed by atoms with Gasteiger partial charge in [-0.3, -0.25) is 4.79 Å². The second-order valence-electron chi connectivity index (χ2n) is 6.71. The molecule has 1 amide bonds. The van der Waals surface area contributed by atoms with Crippen LogP contribution >= 0.6 is 12.4 Å².